The first-order valence-electron chi connectivity index (χ1n) is 9.36. The number of carbonyl (C=O) groups is 1. The van der Waals surface area contributed by atoms with Crippen LogP contribution in [0.2, 0.25) is 0 Å². The lowest BCUT2D eigenvalue weighted by atomic mass is 9.75. The second-order valence-electron chi connectivity index (χ2n) is 7.79. The van der Waals surface area contributed by atoms with Crippen LogP contribution in [0.15, 0.2) is 11.2 Å². The number of hydrogen-bond donors (Lipinski definition) is 0. The summed E-state index contributed by atoms with van der Waals surface area (Å²) in [6.45, 7) is 10.6. The number of aromatic nitrogens is 4. The van der Waals surface area contributed by atoms with E-state index in [-0.39, 0.29) is 17.8 Å². The van der Waals surface area contributed by atoms with Gasteiger partial charge >= 0.3 is 5.97 Å². The van der Waals surface area contributed by atoms with Crippen molar-refractivity contribution in [1.29, 1.82) is 0 Å². The molecule has 26 heavy (non-hydrogen) atoms. The molecule has 2 heterocycles. The summed E-state index contributed by atoms with van der Waals surface area (Å²) < 4.78 is 7.54. The summed E-state index contributed by atoms with van der Waals surface area (Å²) in [6, 6.07) is 1.96. The molecule has 0 saturated heterocycles. The molecule has 0 unspecified atom stereocenters. The predicted molar refractivity (Wildman–Crippen MR) is 102 cm³/mol. The lowest BCUT2D eigenvalue weighted by Gasteiger charge is -2.36. The Morgan fingerprint density at radius 1 is 1.35 bits per heavy atom. The topological polar surface area (TPSA) is 69.4 Å². The fourth-order valence-electron chi connectivity index (χ4n) is 3.79. The molecule has 2 aromatic rings. The Balaban J connectivity index is 1.60. The second-order valence-corrected chi connectivity index (χ2v) is 8.73. The Hall–Kier alpha value is -1.63. The monoisotopic (exact) mass is 376 g/mol. The van der Waals surface area contributed by atoms with E-state index in [1.54, 1.807) is 4.52 Å². The summed E-state index contributed by atoms with van der Waals surface area (Å²) in [6.07, 6.45) is 3.37. The van der Waals surface area contributed by atoms with Gasteiger partial charge in [0.25, 0.3) is 5.78 Å². The first-order chi connectivity index (χ1) is 12.3. The van der Waals surface area contributed by atoms with E-state index >= 15 is 0 Å². The molecule has 0 bridgehead atoms. The van der Waals surface area contributed by atoms with Gasteiger partial charge in [-0.15, -0.1) is 5.10 Å². The van der Waals surface area contributed by atoms with Crippen molar-refractivity contribution < 1.29 is 9.53 Å². The Kier molecular flexibility index (Phi) is 5.85. The third-order valence-corrected chi connectivity index (χ3v) is 5.97. The number of ether oxygens (including phenoxy) is 1. The molecule has 0 spiro atoms. The fraction of sp³-hybridized carbons (Fsp3) is 0.684. The van der Waals surface area contributed by atoms with Gasteiger partial charge in [-0.3, -0.25) is 4.79 Å². The first-order valence-corrected chi connectivity index (χ1v) is 10.4. The van der Waals surface area contributed by atoms with Crippen LogP contribution >= 0.6 is 11.8 Å². The molecule has 0 radical (unpaired) electrons. The van der Waals surface area contributed by atoms with Gasteiger partial charge in [0, 0.05) is 11.4 Å². The fourth-order valence-corrected chi connectivity index (χ4v) is 4.39. The molecule has 1 saturated carbocycles. The molecular weight excluding hydrogens is 348 g/mol. The first kappa shape index (κ1) is 19.1. The van der Waals surface area contributed by atoms with Crippen molar-refractivity contribution in [3.05, 3.63) is 17.5 Å². The highest BCUT2D eigenvalue weighted by atomic mass is 32.2. The summed E-state index contributed by atoms with van der Waals surface area (Å²) in [5, 5.41) is 4.98. The molecule has 0 N–H and O–H groups in total. The van der Waals surface area contributed by atoms with Gasteiger partial charge in [0.15, 0.2) is 0 Å². The second kappa shape index (κ2) is 7.94. The van der Waals surface area contributed by atoms with Gasteiger partial charge in [-0.25, -0.2) is 9.50 Å². The van der Waals surface area contributed by atoms with Gasteiger partial charge in [0.2, 0.25) is 5.16 Å². The minimum absolute atomic E-state index is 0.0347. The van der Waals surface area contributed by atoms with Crippen LogP contribution in [0, 0.1) is 31.6 Å². The smallest absolute Gasteiger partial charge is 0.316 e. The third kappa shape index (κ3) is 4.37. The van der Waals surface area contributed by atoms with Crippen molar-refractivity contribution in [3.8, 4) is 0 Å². The molecule has 1 fully saturated rings. The van der Waals surface area contributed by atoms with Crippen LogP contribution in [0.1, 0.15) is 51.4 Å². The average molecular weight is 377 g/mol. The average Bonchev–Trinajstić information content (AvgIpc) is 2.96. The molecule has 0 aromatic carbocycles. The standard InChI is InChI=1S/C19H28N4O2S/c1-11(2)15-7-6-12(3)8-16(15)25-17(24)10-26-19-21-18-20-13(4)9-14(5)23(18)22-19/h9,11-12,15-16H,6-8,10H2,1-5H3/t12-,15+,16+/m0/s1. The number of aryl methyl sites for hydroxylation is 2. The maximum absolute atomic E-state index is 12.4. The van der Waals surface area contributed by atoms with Gasteiger partial charge in [0.05, 0.1) is 5.75 Å². The van der Waals surface area contributed by atoms with Gasteiger partial charge in [0.1, 0.15) is 6.10 Å². The van der Waals surface area contributed by atoms with E-state index in [1.165, 1.54) is 18.2 Å². The zero-order valence-electron chi connectivity index (χ0n) is 16.2. The molecule has 7 heteroatoms. The maximum Gasteiger partial charge on any atom is 0.316 e. The van der Waals surface area contributed by atoms with Crippen molar-refractivity contribution >= 4 is 23.5 Å². The van der Waals surface area contributed by atoms with E-state index < -0.39 is 0 Å². The van der Waals surface area contributed by atoms with Crippen LogP contribution in [0.5, 0.6) is 0 Å². The summed E-state index contributed by atoms with van der Waals surface area (Å²) in [4.78, 5) is 21.2. The quantitative estimate of drug-likeness (QED) is 0.583. The molecule has 0 aliphatic heterocycles. The minimum atomic E-state index is -0.181. The number of fused-ring (bicyclic) bond motifs is 1. The van der Waals surface area contributed by atoms with E-state index in [0.29, 0.717) is 28.7 Å². The van der Waals surface area contributed by atoms with E-state index in [4.69, 9.17) is 4.74 Å². The Morgan fingerprint density at radius 3 is 2.85 bits per heavy atom. The highest BCUT2D eigenvalue weighted by Gasteiger charge is 2.33. The van der Waals surface area contributed by atoms with Crippen molar-refractivity contribution in [2.45, 2.75) is 65.1 Å². The summed E-state index contributed by atoms with van der Waals surface area (Å²) in [5.74, 6) is 2.23. The molecule has 142 valence electrons. The number of nitrogens with zero attached hydrogens (tertiary/aromatic N) is 4. The van der Waals surface area contributed by atoms with Gasteiger partial charge in [-0.1, -0.05) is 39.0 Å². The largest absolute Gasteiger partial charge is 0.461 e. The number of esters is 1. The summed E-state index contributed by atoms with van der Waals surface area (Å²) in [5.41, 5.74) is 1.88. The van der Waals surface area contributed by atoms with E-state index in [9.17, 15) is 4.79 Å². The van der Waals surface area contributed by atoms with Crippen molar-refractivity contribution in [2.24, 2.45) is 17.8 Å². The van der Waals surface area contributed by atoms with E-state index in [1.807, 2.05) is 19.9 Å². The number of thioether (sulfide) groups is 1. The number of carbonyl (C=O) groups excluding carboxylic acids is 1. The highest BCUT2D eigenvalue weighted by molar-refractivity contribution is 7.99. The molecular formula is C19H28N4O2S. The molecule has 2 aromatic heterocycles. The molecule has 6 nitrogen and oxygen atoms in total. The van der Waals surface area contributed by atoms with Crippen molar-refractivity contribution in [3.63, 3.8) is 0 Å². The van der Waals surface area contributed by atoms with Crippen LogP contribution in [0.4, 0.5) is 0 Å². The minimum Gasteiger partial charge on any atom is -0.461 e. The molecule has 1 aliphatic rings. The van der Waals surface area contributed by atoms with Crippen LogP contribution in [0.3, 0.4) is 0 Å². The summed E-state index contributed by atoms with van der Waals surface area (Å²) in [7, 11) is 0. The summed E-state index contributed by atoms with van der Waals surface area (Å²) >= 11 is 1.31. The Bertz CT molecular complexity index is 789. The highest BCUT2D eigenvalue weighted by Crippen LogP contribution is 2.35. The van der Waals surface area contributed by atoms with Crippen LogP contribution in [-0.2, 0) is 9.53 Å². The third-order valence-electron chi connectivity index (χ3n) is 5.16. The Morgan fingerprint density at radius 2 is 2.12 bits per heavy atom. The predicted octanol–water partition coefficient (Wildman–Crippen LogP) is 3.84. The SMILES string of the molecule is Cc1cc(C)n2nc(SCC(=O)O[C@@H]3C[C@@H](C)CC[C@@H]3C(C)C)nc2n1. The molecule has 0 amide bonds. The zero-order chi connectivity index (χ0) is 18.8. The lowest BCUT2D eigenvalue weighted by molar-refractivity contribution is -0.152. The van der Waals surface area contributed by atoms with Gasteiger partial charge in [-0.2, -0.15) is 4.98 Å². The van der Waals surface area contributed by atoms with E-state index in [0.717, 1.165) is 24.2 Å². The van der Waals surface area contributed by atoms with Crippen LogP contribution < -0.4 is 0 Å². The Labute approximate surface area is 159 Å². The van der Waals surface area contributed by atoms with Gasteiger partial charge < -0.3 is 4.74 Å². The maximum atomic E-state index is 12.4. The molecule has 1 aliphatic carbocycles. The zero-order valence-corrected chi connectivity index (χ0v) is 17.0. The number of hydrogen-bond acceptors (Lipinski definition) is 6. The number of rotatable bonds is 5. The normalized spacial score (nSPS) is 23.5. The lowest BCUT2D eigenvalue weighted by Crippen LogP contribution is -2.36. The van der Waals surface area contributed by atoms with Crippen LogP contribution in [0.25, 0.3) is 5.78 Å². The van der Waals surface area contributed by atoms with Gasteiger partial charge in [-0.05, 0) is 50.5 Å². The van der Waals surface area contributed by atoms with Crippen molar-refractivity contribution in [1.82, 2.24) is 19.6 Å². The van der Waals surface area contributed by atoms with Crippen LogP contribution in [-0.4, -0.2) is 37.4 Å². The van der Waals surface area contributed by atoms with Crippen molar-refractivity contribution in [2.75, 3.05) is 5.75 Å². The molecule has 3 atom stereocenters. The molecule has 3 rings (SSSR count). The van der Waals surface area contributed by atoms with E-state index in [2.05, 4.69) is 35.8 Å².